The van der Waals surface area contributed by atoms with Gasteiger partial charge in [0.2, 0.25) is 0 Å². The summed E-state index contributed by atoms with van der Waals surface area (Å²) in [6.07, 6.45) is 0. The monoisotopic (exact) mass is 356 g/mol. The second-order valence-corrected chi connectivity index (χ2v) is 5.84. The molecule has 2 N–H and O–H groups in total. The van der Waals surface area contributed by atoms with E-state index < -0.39 is 0 Å². The van der Waals surface area contributed by atoms with Crippen LogP contribution in [-0.4, -0.2) is 26.5 Å². The lowest BCUT2D eigenvalue weighted by Gasteiger charge is -2.24. The number of aromatic amines is 1. The molecule has 0 saturated heterocycles. The molecule has 128 valence electrons. The first kappa shape index (κ1) is 17.0. The van der Waals surface area contributed by atoms with E-state index in [-0.39, 0.29) is 11.4 Å². The number of thiocarbonyl (C=S) groups is 1. The number of anilines is 1. The molecule has 0 atom stereocenters. The van der Waals surface area contributed by atoms with E-state index in [4.69, 9.17) is 12.2 Å². The number of rotatable bonds is 4. The Labute approximate surface area is 149 Å². The number of fused-ring (bicyclic) bond motifs is 1. The molecule has 0 amide bonds. The van der Waals surface area contributed by atoms with E-state index in [1.54, 1.807) is 41.3 Å². The predicted molar refractivity (Wildman–Crippen MR) is 101 cm³/mol. The van der Waals surface area contributed by atoms with Gasteiger partial charge in [0.15, 0.2) is 5.11 Å². The third-order valence-corrected chi connectivity index (χ3v) is 4.15. The maximum absolute atomic E-state index is 13.8. The topological polar surface area (TPSA) is 61.0 Å². The van der Waals surface area contributed by atoms with Crippen LogP contribution in [0.2, 0.25) is 0 Å². The van der Waals surface area contributed by atoms with Crippen molar-refractivity contribution in [3.05, 3.63) is 70.5 Å². The second kappa shape index (κ2) is 7.40. The van der Waals surface area contributed by atoms with Crippen molar-refractivity contribution in [1.82, 2.24) is 14.9 Å². The number of aromatic nitrogens is 2. The maximum atomic E-state index is 13.8. The van der Waals surface area contributed by atoms with Gasteiger partial charge in [0.25, 0.3) is 5.56 Å². The quantitative estimate of drug-likeness (QED) is 0.703. The van der Waals surface area contributed by atoms with Crippen LogP contribution in [0.4, 0.5) is 10.1 Å². The van der Waals surface area contributed by atoms with Crippen LogP contribution in [0.5, 0.6) is 0 Å². The molecule has 5 nitrogen and oxygen atoms in total. The van der Waals surface area contributed by atoms with Gasteiger partial charge in [0.05, 0.1) is 23.1 Å². The average molecular weight is 356 g/mol. The molecule has 1 heterocycles. The van der Waals surface area contributed by atoms with E-state index in [9.17, 15) is 9.18 Å². The number of H-pyrrole nitrogens is 1. The van der Waals surface area contributed by atoms with E-state index >= 15 is 0 Å². The highest BCUT2D eigenvalue weighted by Crippen LogP contribution is 2.14. The van der Waals surface area contributed by atoms with Crippen LogP contribution in [0.15, 0.2) is 53.3 Å². The molecule has 1 aromatic heterocycles. The van der Waals surface area contributed by atoms with Crippen molar-refractivity contribution in [3.8, 4) is 0 Å². The number of halogens is 1. The van der Waals surface area contributed by atoms with Gasteiger partial charge in [-0.1, -0.05) is 24.3 Å². The van der Waals surface area contributed by atoms with Crippen molar-refractivity contribution in [2.75, 3.05) is 11.9 Å². The van der Waals surface area contributed by atoms with Crippen LogP contribution in [-0.2, 0) is 6.54 Å². The summed E-state index contributed by atoms with van der Waals surface area (Å²) in [5, 5.41) is 3.80. The Hall–Kier alpha value is -2.80. The van der Waals surface area contributed by atoms with Gasteiger partial charge in [-0.15, -0.1) is 0 Å². The van der Waals surface area contributed by atoms with Gasteiger partial charge in [-0.3, -0.25) is 4.79 Å². The number of hydrogen-bond donors (Lipinski definition) is 2. The predicted octanol–water partition coefficient (Wildman–Crippen LogP) is 3.28. The molecule has 3 rings (SSSR count). The summed E-state index contributed by atoms with van der Waals surface area (Å²) in [6, 6.07) is 13.5. The van der Waals surface area contributed by atoms with E-state index in [0.717, 1.165) is 0 Å². The van der Waals surface area contributed by atoms with Gasteiger partial charge in [-0.05, 0) is 43.4 Å². The molecule has 0 bridgehead atoms. The highest BCUT2D eigenvalue weighted by Gasteiger charge is 2.13. The summed E-state index contributed by atoms with van der Waals surface area (Å²) in [5.41, 5.74) is 0.751. The molecule has 3 aromatic rings. The van der Waals surface area contributed by atoms with Gasteiger partial charge in [0.1, 0.15) is 11.6 Å². The molecule has 7 heteroatoms. The molecular formula is C18H17FN4OS. The third kappa shape index (κ3) is 3.83. The Bertz CT molecular complexity index is 972. The van der Waals surface area contributed by atoms with Gasteiger partial charge >= 0.3 is 0 Å². The standard InChI is InChI=1S/C18H17FN4OS/c1-2-23(18(25)21-15-10-6-4-8-13(15)19)11-16-20-14-9-5-3-7-12(14)17(24)22-16/h3-10H,2,11H2,1H3,(H,21,25)(H,20,22,24). The summed E-state index contributed by atoms with van der Waals surface area (Å²) < 4.78 is 13.8. The van der Waals surface area contributed by atoms with Gasteiger partial charge < -0.3 is 15.2 Å². The molecular weight excluding hydrogens is 339 g/mol. The molecule has 2 aromatic carbocycles. The van der Waals surface area contributed by atoms with Crippen molar-refractivity contribution in [1.29, 1.82) is 0 Å². The number of hydrogen-bond acceptors (Lipinski definition) is 3. The normalized spacial score (nSPS) is 10.6. The highest BCUT2D eigenvalue weighted by atomic mass is 32.1. The van der Waals surface area contributed by atoms with E-state index in [2.05, 4.69) is 15.3 Å². The fraction of sp³-hybridized carbons (Fsp3) is 0.167. The number of nitrogens with one attached hydrogen (secondary N) is 2. The van der Waals surface area contributed by atoms with Crippen LogP contribution < -0.4 is 10.9 Å². The molecule has 0 aliphatic rings. The Balaban J connectivity index is 1.81. The zero-order chi connectivity index (χ0) is 17.8. The first-order valence-corrected chi connectivity index (χ1v) is 8.27. The van der Waals surface area contributed by atoms with Gasteiger partial charge in [-0.25, -0.2) is 9.37 Å². The van der Waals surface area contributed by atoms with Crippen LogP contribution >= 0.6 is 12.2 Å². The van der Waals surface area contributed by atoms with Crippen molar-refractivity contribution in [3.63, 3.8) is 0 Å². The summed E-state index contributed by atoms with van der Waals surface area (Å²) in [5.74, 6) is 0.126. The molecule has 0 radical (unpaired) electrons. The average Bonchev–Trinajstić information content (AvgIpc) is 2.61. The summed E-state index contributed by atoms with van der Waals surface area (Å²) >= 11 is 5.37. The third-order valence-electron chi connectivity index (χ3n) is 3.79. The molecule has 0 unspecified atom stereocenters. The second-order valence-electron chi connectivity index (χ2n) is 5.45. The van der Waals surface area contributed by atoms with Gasteiger partial charge in [0, 0.05) is 6.54 Å². The fourth-order valence-electron chi connectivity index (χ4n) is 2.47. The minimum atomic E-state index is -0.377. The van der Waals surface area contributed by atoms with Gasteiger partial charge in [-0.2, -0.15) is 0 Å². The molecule has 0 aliphatic heterocycles. The van der Waals surface area contributed by atoms with Crippen LogP contribution in [0, 0.1) is 5.82 Å². The zero-order valence-electron chi connectivity index (χ0n) is 13.6. The van der Waals surface area contributed by atoms with Crippen LogP contribution in [0.1, 0.15) is 12.7 Å². The molecule has 0 spiro atoms. The minimum absolute atomic E-state index is 0.190. The summed E-state index contributed by atoms with van der Waals surface area (Å²) in [7, 11) is 0. The van der Waals surface area contributed by atoms with Crippen molar-refractivity contribution in [2.24, 2.45) is 0 Å². The SMILES string of the molecule is CCN(Cc1nc2ccccc2c(=O)[nH]1)C(=S)Nc1ccccc1F. The molecule has 0 fully saturated rings. The van der Waals surface area contributed by atoms with E-state index in [1.807, 2.05) is 13.0 Å². The van der Waals surface area contributed by atoms with E-state index in [1.165, 1.54) is 6.07 Å². The Morgan fingerprint density at radius 1 is 1.24 bits per heavy atom. The summed E-state index contributed by atoms with van der Waals surface area (Å²) in [6.45, 7) is 2.82. The zero-order valence-corrected chi connectivity index (χ0v) is 14.4. The number of para-hydroxylation sites is 2. The number of nitrogens with zero attached hydrogens (tertiary/aromatic N) is 2. The Morgan fingerprint density at radius 2 is 1.96 bits per heavy atom. The van der Waals surface area contributed by atoms with E-state index in [0.29, 0.717) is 40.6 Å². The summed E-state index contributed by atoms with van der Waals surface area (Å²) in [4.78, 5) is 21.2. The lowest BCUT2D eigenvalue weighted by atomic mass is 10.2. The van der Waals surface area contributed by atoms with Crippen molar-refractivity contribution >= 4 is 33.9 Å². The fourth-order valence-corrected chi connectivity index (χ4v) is 2.78. The van der Waals surface area contributed by atoms with Crippen molar-refractivity contribution < 1.29 is 4.39 Å². The highest BCUT2D eigenvalue weighted by molar-refractivity contribution is 7.80. The molecule has 0 saturated carbocycles. The first-order chi connectivity index (χ1) is 12.1. The smallest absolute Gasteiger partial charge is 0.258 e. The largest absolute Gasteiger partial charge is 0.342 e. The lowest BCUT2D eigenvalue weighted by Crippen LogP contribution is -2.35. The Morgan fingerprint density at radius 3 is 2.72 bits per heavy atom. The first-order valence-electron chi connectivity index (χ1n) is 7.87. The van der Waals surface area contributed by atoms with Crippen LogP contribution in [0.3, 0.4) is 0 Å². The molecule has 25 heavy (non-hydrogen) atoms. The Kier molecular flexibility index (Phi) is 5.04. The lowest BCUT2D eigenvalue weighted by molar-refractivity contribution is 0.429. The minimum Gasteiger partial charge on any atom is -0.342 e. The van der Waals surface area contributed by atoms with Crippen molar-refractivity contribution in [2.45, 2.75) is 13.5 Å². The van der Waals surface area contributed by atoms with Crippen LogP contribution in [0.25, 0.3) is 10.9 Å². The number of benzene rings is 2. The maximum Gasteiger partial charge on any atom is 0.258 e. The molecule has 0 aliphatic carbocycles.